The van der Waals surface area contributed by atoms with E-state index >= 15 is 0 Å². The molecule has 0 saturated carbocycles. The highest BCUT2D eigenvalue weighted by Gasteiger charge is 2.29. The van der Waals surface area contributed by atoms with Crippen molar-refractivity contribution in [1.29, 1.82) is 0 Å². The number of likely N-dealkylation sites (N-methyl/N-ethyl adjacent to an activating group) is 1. The predicted molar refractivity (Wildman–Crippen MR) is 59.7 cm³/mol. The minimum absolute atomic E-state index is 0.00647. The van der Waals surface area contributed by atoms with Gasteiger partial charge in [0.05, 0.1) is 6.10 Å². The molecule has 0 radical (unpaired) electrons. The van der Waals surface area contributed by atoms with Gasteiger partial charge in [0.2, 0.25) is 0 Å². The van der Waals surface area contributed by atoms with E-state index in [2.05, 4.69) is 0 Å². The van der Waals surface area contributed by atoms with Gasteiger partial charge >= 0.3 is 6.18 Å². The Hall–Kier alpha value is 0.0600. The zero-order valence-electron chi connectivity index (χ0n) is 9.33. The van der Waals surface area contributed by atoms with E-state index in [4.69, 9.17) is 0 Å². The van der Waals surface area contributed by atoms with Crippen molar-refractivity contribution in [3.05, 3.63) is 0 Å². The predicted octanol–water partition coefficient (Wildman–Crippen LogP) is 2.13. The van der Waals surface area contributed by atoms with Crippen LogP contribution in [0, 0.1) is 0 Å². The van der Waals surface area contributed by atoms with Crippen molar-refractivity contribution in [2.24, 2.45) is 0 Å². The molecule has 0 aromatic carbocycles. The second kappa shape index (κ2) is 6.12. The number of aliphatic hydroxyl groups excluding tert-OH is 1. The Labute approximate surface area is 98.2 Å². The molecule has 96 valence electrons. The quantitative estimate of drug-likeness (QED) is 0.834. The molecule has 2 nitrogen and oxygen atoms in total. The van der Waals surface area contributed by atoms with E-state index in [1.165, 1.54) is 0 Å². The van der Waals surface area contributed by atoms with Crippen LogP contribution in [0.4, 0.5) is 13.2 Å². The summed E-state index contributed by atoms with van der Waals surface area (Å²) in [6.07, 6.45) is -5.30. The van der Waals surface area contributed by atoms with Gasteiger partial charge in [0, 0.05) is 30.5 Å². The van der Waals surface area contributed by atoms with Gasteiger partial charge in [-0.2, -0.15) is 24.9 Å². The maximum atomic E-state index is 11.9. The third kappa shape index (κ3) is 4.93. The van der Waals surface area contributed by atoms with Gasteiger partial charge in [-0.15, -0.1) is 0 Å². The van der Waals surface area contributed by atoms with Gasteiger partial charge in [-0.05, 0) is 19.9 Å². The van der Waals surface area contributed by atoms with E-state index in [0.29, 0.717) is 0 Å². The molecular formula is C10H18F3NOS. The van der Waals surface area contributed by atoms with Crippen LogP contribution in [0.5, 0.6) is 0 Å². The van der Waals surface area contributed by atoms with Gasteiger partial charge in [0.15, 0.2) is 0 Å². The molecule has 0 aromatic rings. The lowest BCUT2D eigenvalue weighted by molar-refractivity contribution is -0.136. The summed E-state index contributed by atoms with van der Waals surface area (Å²) in [6.45, 7) is 0.895. The van der Waals surface area contributed by atoms with E-state index in [1.54, 1.807) is 11.8 Å². The maximum Gasteiger partial charge on any atom is 0.389 e. The first kappa shape index (κ1) is 14.1. The lowest BCUT2D eigenvalue weighted by Crippen LogP contribution is -2.47. The summed E-state index contributed by atoms with van der Waals surface area (Å²) in [4.78, 5) is 2.04. The zero-order valence-corrected chi connectivity index (χ0v) is 10.2. The van der Waals surface area contributed by atoms with Crippen LogP contribution in [-0.4, -0.2) is 53.4 Å². The number of thioether (sulfide) groups is 1. The molecule has 1 aliphatic heterocycles. The SMILES string of the molecule is CN1CCSCC1C(O)CCCC(F)(F)F. The molecule has 2 unspecified atom stereocenters. The fourth-order valence-corrected chi connectivity index (χ4v) is 3.12. The first-order chi connectivity index (χ1) is 7.40. The normalized spacial score (nSPS) is 25.7. The summed E-state index contributed by atoms with van der Waals surface area (Å²) >= 11 is 1.75. The van der Waals surface area contributed by atoms with Gasteiger partial charge in [-0.25, -0.2) is 0 Å². The number of halogens is 3. The number of alkyl halides is 3. The topological polar surface area (TPSA) is 23.5 Å². The standard InChI is InChI=1S/C10H18F3NOS/c1-14-5-6-16-7-8(14)9(15)3-2-4-10(11,12)13/h8-9,15H,2-7H2,1H3. The summed E-state index contributed by atoms with van der Waals surface area (Å²) in [6, 6.07) is 0.00647. The Kier molecular flexibility index (Phi) is 5.40. The average Bonchev–Trinajstić information content (AvgIpc) is 2.16. The fourth-order valence-electron chi connectivity index (χ4n) is 1.81. The summed E-state index contributed by atoms with van der Waals surface area (Å²) in [5.74, 6) is 1.84. The van der Waals surface area contributed by atoms with Crippen molar-refractivity contribution in [3.63, 3.8) is 0 Å². The molecule has 6 heteroatoms. The fraction of sp³-hybridized carbons (Fsp3) is 1.00. The van der Waals surface area contributed by atoms with E-state index < -0.39 is 18.7 Å². The van der Waals surface area contributed by atoms with Crippen LogP contribution in [0.2, 0.25) is 0 Å². The first-order valence-corrected chi connectivity index (χ1v) is 6.58. The Morgan fingerprint density at radius 1 is 1.50 bits per heavy atom. The molecule has 16 heavy (non-hydrogen) atoms. The Morgan fingerprint density at radius 3 is 2.75 bits per heavy atom. The molecule has 1 N–H and O–H groups in total. The molecule has 0 spiro atoms. The van der Waals surface area contributed by atoms with Crippen LogP contribution in [0.15, 0.2) is 0 Å². The van der Waals surface area contributed by atoms with Crippen LogP contribution in [0.1, 0.15) is 19.3 Å². The molecule has 1 rings (SSSR count). The van der Waals surface area contributed by atoms with E-state index in [-0.39, 0.29) is 18.9 Å². The Bertz CT molecular complexity index is 213. The van der Waals surface area contributed by atoms with Crippen molar-refractivity contribution in [2.45, 2.75) is 37.6 Å². The van der Waals surface area contributed by atoms with Crippen molar-refractivity contribution in [3.8, 4) is 0 Å². The lowest BCUT2D eigenvalue weighted by Gasteiger charge is -2.35. The smallest absolute Gasteiger partial charge is 0.389 e. The highest BCUT2D eigenvalue weighted by atomic mass is 32.2. The van der Waals surface area contributed by atoms with Crippen molar-refractivity contribution >= 4 is 11.8 Å². The molecule has 0 aliphatic carbocycles. The molecular weight excluding hydrogens is 239 g/mol. The average molecular weight is 257 g/mol. The molecule has 1 fully saturated rings. The largest absolute Gasteiger partial charge is 0.391 e. The Balaban J connectivity index is 2.25. The highest BCUT2D eigenvalue weighted by molar-refractivity contribution is 7.99. The molecule has 1 aliphatic rings. The lowest BCUT2D eigenvalue weighted by atomic mass is 10.0. The number of hydrogen-bond donors (Lipinski definition) is 1. The van der Waals surface area contributed by atoms with Gasteiger partial charge in [0.25, 0.3) is 0 Å². The number of aliphatic hydroxyl groups is 1. The van der Waals surface area contributed by atoms with E-state index in [9.17, 15) is 18.3 Å². The van der Waals surface area contributed by atoms with E-state index in [1.807, 2.05) is 11.9 Å². The minimum Gasteiger partial charge on any atom is -0.391 e. The van der Waals surface area contributed by atoms with Crippen LogP contribution in [0.25, 0.3) is 0 Å². The number of nitrogens with zero attached hydrogens (tertiary/aromatic N) is 1. The van der Waals surface area contributed by atoms with Gasteiger partial charge in [-0.3, -0.25) is 4.90 Å². The summed E-state index contributed by atoms with van der Waals surface area (Å²) in [5, 5.41) is 9.82. The third-order valence-electron chi connectivity index (χ3n) is 2.85. The third-order valence-corrected chi connectivity index (χ3v) is 3.90. The first-order valence-electron chi connectivity index (χ1n) is 5.43. The van der Waals surface area contributed by atoms with Crippen molar-refractivity contribution in [1.82, 2.24) is 4.90 Å². The summed E-state index contributed by atoms with van der Waals surface area (Å²) in [7, 11) is 1.91. The van der Waals surface area contributed by atoms with Crippen LogP contribution in [-0.2, 0) is 0 Å². The minimum atomic E-state index is -4.10. The second-order valence-corrected chi connectivity index (χ2v) is 5.35. The molecule has 1 heterocycles. The van der Waals surface area contributed by atoms with Crippen LogP contribution < -0.4 is 0 Å². The summed E-state index contributed by atoms with van der Waals surface area (Å²) in [5.41, 5.74) is 0. The maximum absolute atomic E-state index is 11.9. The van der Waals surface area contributed by atoms with Crippen molar-refractivity contribution < 1.29 is 18.3 Å². The van der Waals surface area contributed by atoms with Crippen molar-refractivity contribution in [2.75, 3.05) is 25.1 Å². The Morgan fingerprint density at radius 2 is 2.19 bits per heavy atom. The molecule has 1 saturated heterocycles. The zero-order chi connectivity index (χ0) is 12.2. The number of hydrogen-bond acceptors (Lipinski definition) is 3. The molecule has 2 atom stereocenters. The van der Waals surface area contributed by atoms with Gasteiger partial charge in [-0.1, -0.05) is 0 Å². The molecule has 0 amide bonds. The van der Waals surface area contributed by atoms with E-state index in [0.717, 1.165) is 18.1 Å². The molecule has 0 bridgehead atoms. The van der Waals surface area contributed by atoms with Crippen LogP contribution >= 0.6 is 11.8 Å². The monoisotopic (exact) mass is 257 g/mol. The highest BCUT2D eigenvalue weighted by Crippen LogP contribution is 2.25. The van der Waals surface area contributed by atoms with Crippen LogP contribution in [0.3, 0.4) is 0 Å². The number of rotatable bonds is 4. The van der Waals surface area contributed by atoms with Gasteiger partial charge in [0.1, 0.15) is 0 Å². The molecule has 0 aromatic heterocycles. The summed E-state index contributed by atoms with van der Waals surface area (Å²) < 4.78 is 35.8. The second-order valence-electron chi connectivity index (χ2n) is 4.20. The van der Waals surface area contributed by atoms with Gasteiger partial charge < -0.3 is 5.11 Å².